The molecule has 1 heterocycles. The van der Waals surface area contributed by atoms with Crippen LogP contribution in [-0.2, 0) is 14.8 Å². The van der Waals surface area contributed by atoms with E-state index < -0.39 is 10.0 Å². The van der Waals surface area contributed by atoms with Gasteiger partial charge in [-0.2, -0.15) is 0 Å². The number of sulfonamides is 1. The molecule has 0 bridgehead atoms. The molecule has 7 heteroatoms. The summed E-state index contributed by atoms with van der Waals surface area (Å²) < 4.78 is 37.8. The van der Waals surface area contributed by atoms with Crippen LogP contribution in [0.4, 0.5) is 4.39 Å². The van der Waals surface area contributed by atoms with Crippen LogP contribution in [0.1, 0.15) is 18.4 Å². The molecule has 2 rings (SSSR count). The normalized spacial score (nSPS) is 19.5. The minimum absolute atomic E-state index is 0.177. The van der Waals surface area contributed by atoms with Crippen LogP contribution in [0.2, 0.25) is 0 Å². The predicted octanol–water partition coefficient (Wildman–Crippen LogP) is 1.38. The van der Waals surface area contributed by atoms with Crippen LogP contribution in [0, 0.1) is 5.82 Å². The Morgan fingerprint density at radius 3 is 2.68 bits per heavy atom. The Bertz CT molecular complexity index is 656. The summed E-state index contributed by atoms with van der Waals surface area (Å²) in [6.45, 7) is 0.966. The van der Waals surface area contributed by atoms with Gasteiger partial charge >= 0.3 is 0 Å². The first-order valence-corrected chi connectivity index (χ1v) is 8.92. The Morgan fingerprint density at radius 2 is 2.05 bits per heavy atom. The van der Waals surface area contributed by atoms with Gasteiger partial charge in [0.1, 0.15) is 5.82 Å². The topological polar surface area (TPSA) is 66.5 Å². The summed E-state index contributed by atoms with van der Waals surface area (Å²) in [5.41, 5.74) is 0.734. The van der Waals surface area contributed by atoms with Crippen molar-refractivity contribution < 1.29 is 17.6 Å². The number of likely N-dealkylation sites (tertiary alicyclic amines) is 1. The fourth-order valence-corrected chi connectivity index (χ4v) is 3.22. The van der Waals surface area contributed by atoms with Crippen molar-refractivity contribution in [2.24, 2.45) is 0 Å². The van der Waals surface area contributed by atoms with Crippen LogP contribution in [0.3, 0.4) is 0 Å². The molecule has 120 valence electrons. The maximum Gasteiger partial charge on any atom is 0.246 e. The fraction of sp³-hybridized carbons (Fsp3) is 0.400. The van der Waals surface area contributed by atoms with Gasteiger partial charge in [-0.05, 0) is 36.6 Å². The van der Waals surface area contributed by atoms with E-state index in [2.05, 4.69) is 4.72 Å². The number of carbonyl (C=O) groups is 1. The van der Waals surface area contributed by atoms with E-state index in [1.165, 1.54) is 18.2 Å². The second-order valence-electron chi connectivity index (χ2n) is 5.40. The maximum absolute atomic E-state index is 12.8. The number of nitrogens with one attached hydrogen (secondary N) is 1. The lowest BCUT2D eigenvalue weighted by Gasteiger charge is -2.32. The van der Waals surface area contributed by atoms with Crippen molar-refractivity contribution in [3.8, 4) is 0 Å². The van der Waals surface area contributed by atoms with Crippen molar-refractivity contribution in [2.75, 3.05) is 19.3 Å². The second kappa shape index (κ2) is 7.02. The molecule has 1 atom stereocenters. The number of halogens is 1. The minimum atomic E-state index is -3.27. The minimum Gasteiger partial charge on any atom is -0.338 e. The van der Waals surface area contributed by atoms with Crippen molar-refractivity contribution in [2.45, 2.75) is 18.9 Å². The molecule has 1 amide bonds. The Morgan fingerprint density at radius 1 is 1.36 bits per heavy atom. The number of rotatable bonds is 4. The first kappa shape index (κ1) is 16.6. The molecular weight excluding hydrogens is 307 g/mol. The summed E-state index contributed by atoms with van der Waals surface area (Å²) in [6, 6.07) is 5.59. The average Bonchev–Trinajstić information content (AvgIpc) is 2.45. The van der Waals surface area contributed by atoms with Crippen LogP contribution in [-0.4, -0.2) is 44.6 Å². The van der Waals surface area contributed by atoms with Gasteiger partial charge < -0.3 is 4.90 Å². The van der Waals surface area contributed by atoms with E-state index in [4.69, 9.17) is 0 Å². The average molecular weight is 326 g/mol. The lowest BCUT2D eigenvalue weighted by Crippen LogP contribution is -2.48. The monoisotopic (exact) mass is 326 g/mol. The molecule has 1 aliphatic heterocycles. The number of hydrogen-bond acceptors (Lipinski definition) is 3. The molecule has 1 aromatic rings. The van der Waals surface area contributed by atoms with Crippen molar-refractivity contribution in [3.63, 3.8) is 0 Å². The van der Waals surface area contributed by atoms with Crippen molar-refractivity contribution >= 4 is 22.0 Å². The number of hydrogen-bond donors (Lipinski definition) is 1. The zero-order chi connectivity index (χ0) is 16.2. The molecule has 0 radical (unpaired) electrons. The number of nitrogens with zero attached hydrogens (tertiary/aromatic N) is 1. The van der Waals surface area contributed by atoms with Crippen molar-refractivity contribution in [3.05, 3.63) is 41.7 Å². The van der Waals surface area contributed by atoms with Gasteiger partial charge in [0.05, 0.1) is 6.26 Å². The van der Waals surface area contributed by atoms with Crippen molar-refractivity contribution in [1.29, 1.82) is 0 Å². The van der Waals surface area contributed by atoms with Gasteiger partial charge in [-0.15, -0.1) is 0 Å². The summed E-state index contributed by atoms with van der Waals surface area (Å²) in [5, 5.41) is 0. The standard InChI is InChI=1S/C15H19FN2O3S/c1-22(20,21)17-14-3-2-10-18(11-14)15(19)9-6-12-4-7-13(16)8-5-12/h4-9,14,17H,2-3,10-11H2,1H3/b9-6+/t14-/m1/s1. The van der Waals surface area contributed by atoms with E-state index in [0.29, 0.717) is 13.1 Å². The smallest absolute Gasteiger partial charge is 0.246 e. The molecular formula is C15H19FN2O3S. The molecule has 0 spiro atoms. The molecule has 1 N–H and O–H groups in total. The van der Waals surface area contributed by atoms with Crippen LogP contribution in [0.25, 0.3) is 6.08 Å². The third kappa shape index (κ3) is 5.23. The number of amides is 1. The highest BCUT2D eigenvalue weighted by atomic mass is 32.2. The Balaban J connectivity index is 1.95. The van der Waals surface area contributed by atoms with E-state index in [0.717, 1.165) is 24.7 Å². The van der Waals surface area contributed by atoms with E-state index in [-0.39, 0.29) is 17.8 Å². The molecule has 0 aromatic heterocycles. The van der Waals surface area contributed by atoms with Gasteiger partial charge in [-0.1, -0.05) is 12.1 Å². The Labute approximate surface area is 129 Å². The summed E-state index contributed by atoms with van der Waals surface area (Å²) in [4.78, 5) is 13.8. The van der Waals surface area contributed by atoms with E-state index in [9.17, 15) is 17.6 Å². The zero-order valence-electron chi connectivity index (χ0n) is 12.3. The van der Waals surface area contributed by atoms with Crippen LogP contribution >= 0.6 is 0 Å². The summed E-state index contributed by atoms with van der Waals surface area (Å²) in [7, 11) is -3.27. The largest absolute Gasteiger partial charge is 0.338 e. The molecule has 22 heavy (non-hydrogen) atoms. The SMILES string of the molecule is CS(=O)(=O)N[C@@H]1CCCN(C(=O)/C=C/c2ccc(F)cc2)C1. The van der Waals surface area contributed by atoms with Gasteiger partial charge in [0.15, 0.2) is 0 Å². The summed E-state index contributed by atoms with van der Waals surface area (Å²) >= 11 is 0. The first-order chi connectivity index (χ1) is 10.3. The lowest BCUT2D eigenvalue weighted by atomic mass is 10.1. The highest BCUT2D eigenvalue weighted by molar-refractivity contribution is 7.88. The molecule has 0 aliphatic carbocycles. The van der Waals surface area contributed by atoms with Gasteiger partial charge in [0.2, 0.25) is 15.9 Å². The summed E-state index contributed by atoms with van der Waals surface area (Å²) in [6.07, 6.45) is 5.63. The third-order valence-corrected chi connectivity index (χ3v) is 4.16. The number of piperidine rings is 1. The highest BCUT2D eigenvalue weighted by Crippen LogP contribution is 2.12. The zero-order valence-corrected chi connectivity index (χ0v) is 13.1. The van der Waals surface area contributed by atoms with Crippen LogP contribution in [0.15, 0.2) is 30.3 Å². The predicted molar refractivity (Wildman–Crippen MR) is 83.0 cm³/mol. The first-order valence-electron chi connectivity index (χ1n) is 7.03. The maximum atomic E-state index is 12.8. The molecule has 1 fully saturated rings. The Kier molecular flexibility index (Phi) is 5.31. The van der Waals surface area contributed by atoms with E-state index >= 15 is 0 Å². The van der Waals surface area contributed by atoms with E-state index in [1.54, 1.807) is 23.1 Å². The Hall–Kier alpha value is -1.73. The molecule has 1 saturated heterocycles. The quantitative estimate of drug-likeness (QED) is 0.850. The van der Waals surface area contributed by atoms with Gasteiger partial charge in [-0.25, -0.2) is 17.5 Å². The highest BCUT2D eigenvalue weighted by Gasteiger charge is 2.24. The van der Waals surface area contributed by atoms with Crippen molar-refractivity contribution in [1.82, 2.24) is 9.62 Å². The lowest BCUT2D eigenvalue weighted by molar-refractivity contribution is -0.127. The van der Waals surface area contributed by atoms with E-state index in [1.807, 2.05) is 0 Å². The molecule has 1 aliphatic rings. The molecule has 0 unspecified atom stereocenters. The van der Waals surface area contributed by atoms with Gasteiger partial charge in [0, 0.05) is 25.2 Å². The number of benzene rings is 1. The number of carbonyl (C=O) groups excluding carboxylic acids is 1. The summed E-state index contributed by atoms with van der Waals surface area (Å²) in [5.74, 6) is -0.501. The molecule has 1 aromatic carbocycles. The molecule has 5 nitrogen and oxygen atoms in total. The third-order valence-electron chi connectivity index (χ3n) is 3.40. The van der Waals surface area contributed by atoms with Gasteiger partial charge in [0.25, 0.3) is 0 Å². The molecule has 0 saturated carbocycles. The fourth-order valence-electron chi connectivity index (χ4n) is 2.42. The van der Waals surface area contributed by atoms with Gasteiger partial charge in [-0.3, -0.25) is 4.79 Å². The van der Waals surface area contributed by atoms with Crippen LogP contribution < -0.4 is 4.72 Å². The second-order valence-corrected chi connectivity index (χ2v) is 7.18. The van der Waals surface area contributed by atoms with Crippen LogP contribution in [0.5, 0.6) is 0 Å².